The molecule has 18 heavy (non-hydrogen) atoms. The zero-order valence-corrected chi connectivity index (χ0v) is 10.9. The first-order valence-corrected chi connectivity index (χ1v) is 6.69. The lowest BCUT2D eigenvalue weighted by atomic mass is 10.0. The molecule has 2 rings (SSSR count). The van der Waals surface area contributed by atoms with E-state index in [0.29, 0.717) is 19.4 Å². The predicted octanol–water partition coefficient (Wildman–Crippen LogP) is 1.74. The number of carbonyl (C=O) groups is 1. The van der Waals surface area contributed by atoms with Crippen molar-refractivity contribution in [3.05, 3.63) is 35.4 Å². The van der Waals surface area contributed by atoms with E-state index in [0.717, 1.165) is 25.1 Å². The Morgan fingerprint density at radius 1 is 1.33 bits per heavy atom. The quantitative estimate of drug-likeness (QED) is 0.861. The molecule has 1 aliphatic heterocycles. The normalized spacial score (nSPS) is 19.7. The largest absolute Gasteiger partial charge is 0.375 e. The SMILES string of the molecule is CCc1ccc(CC(=O)CC2CNCCO2)cc1. The second-order valence-electron chi connectivity index (χ2n) is 4.79. The molecule has 0 aliphatic carbocycles. The van der Waals surface area contributed by atoms with Gasteiger partial charge in [0.05, 0.1) is 12.7 Å². The highest BCUT2D eigenvalue weighted by Gasteiger charge is 2.17. The van der Waals surface area contributed by atoms with Gasteiger partial charge in [0.2, 0.25) is 0 Å². The monoisotopic (exact) mass is 247 g/mol. The molecule has 1 atom stereocenters. The Morgan fingerprint density at radius 2 is 2.06 bits per heavy atom. The first-order valence-electron chi connectivity index (χ1n) is 6.69. The maximum atomic E-state index is 11.9. The Balaban J connectivity index is 1.82. The smallest absolute Gasteiger partial charge is 0.139 e. The van der Waals surface area contributed by atoms with E-state index < -0.39 is 0 Å². The molecule has 3 nitrogen and oxygen atoms in total. The summed E-state index contributed by atoms with van der Waals surface area (Å²) in [6.45, 7) is 4.53. The molecule has 0 radical (unpaired) electrons. The summed E-state index contributed by atoms with van der Waals surface area (Å²) in [5, 5.41) is 3.24. The summed E-state index contributed by atoms with van der Waals surface area (Å²) in [4.78, 5) is 11.9. The van der Waals surface area contributed by atoms with Gasteiger partial charge in [-0.05, 0) is 17.5 Å². The van der Waals surface area contributed by atoms with E-state index in [4.69, 9.17) is 4.74 Å². The second kappa shape index (κ2) is 6.66. The molecule has 1 aromatic rings. The van der Waals surface area contributed by atoms with Crippen molar-refractivity contribution in [2.24, 2.45) is 0 Å². The first-order chi connectivity index (χ1) is 8.78. The molecule has 0 aromatic heterocycles. The number of ether oxygens (including phenoxy) is 1. The van der Waals surface area contributed by atoms with Gasteiger partial charge in [0.1, 0.15) is 5.78 Å². The van der Waals surface area contributed by atoms with Crippen molar-refractivity contribution in [1.82, 2.24) is 5.32 Å². The fourth-order valence-corrected chi connectivity index (χ4v) is 2.20. The number of aryl methyl sites for hydroxylation is 1. The number of hydrogen-bond acceptors (Lipinski definition) is 3. The molecule has 98 valence electrons. The molecular formula is C15H21NO2. The van der Waals surface area contributed by atoms with Gasteiger partial charge in [-0.1, -0.05) is 31.2 Å². The number of carbonyl (C=O) groups excluding carboxylic acids is 1. The Labute approximate surface area is 109 Å². The van der Waals surface area contributed by atoms with Crippen LogP contribution in [0.3, 0.4) is 0 Å². The van der Waals surface area contributed by atoms with Gasteiger partial charge in [-0.2, -0.15) is 0 Å². The highest BCUT2D eigenvalue weighted by atomic mass is 16.5. The van der Waals surface area contributed by atoms with Crippen LogP contribution < -0.4 is 5.32 Å². The van der Waals surface area contributed by atoms with Gasteiger partial charge in [-0.25, -0.2) is 0 Å². The maximum Gasteiger partial charge on any atom is 0.139 e. The van der Waals surface area contributed by atoms with Gasteiger partial charge < -0.3 is 10.1 Å². The lowest BCUT2D eigenvalue weighted by molar-refractivity contribution is -0.121. The standard InChI is InChI=1S/C15H21NO2/c1-2-12-3-5-13(6-4-12)9-14(17)10-15-11-16-7-8-18-15/h3-6,15-16H,2,7-11H2,1H3. The molecule has 0 saturated carbocycles. The number of morpholine rings is 1. The number of ketones is 1. The molecule has 1 heterocycles. The summed E-state index contributed by atoms with van der Waals surface area (Å²) in [6.07, 6.45) is 2.13. The second-order valence-corrected chi connectivity index (χ2v) is 4.79. The van der Waals surface area contributed by atoms with E-state index in [1.165, 1.54) is 5.56 Å². The molecule has 3 heteroatoms. The summed E-state index contributed by atoms with van der Waals surface area (Å²) in [7, 11) is 0. The first kappa shape index (κ1) is 13.2. The number of Topliss-reactive ketones (excluding diaryl/α,β-unsaturated/α-hetero) is 1. The van der Waals surface area contributed by atoms with Gasteiger partial charge in [-0.15, -0.1) is 0 Å². The minimum absolute atomic E-state index is 0.0566. The zero-order valence-electron chi connectivity index (χ0n) is 10.9. The summed E-state index contributed by atoms with van der Waals surface area (Å²) in [6, 6.07) is 8.30. The van der Waals surface area contributed by atoms with Crippen molar-refractivity contribution in [3.8, 4) is 0 Å². The Hall–Kier alpha value is -1.19. The van der Waals surface area contributed by atoms with Gasteiger partial charge in [-0.3, -0.25) is 4.79 Å². The topological polar surface area (TPSA) is 38.3 Å². The summed E-state index contributed by atoms with van der Waals surface area (Å²) < 4.78 is 5.54. The summed E-state index contributed by atoms with van der Waals surface area (Å²) in [5.74, 6) is 0.257. The number of rotatable bonds is 5. The van der Waals surface area contributed by atoms with Crippen molar-refractivity contribution in [2.45, 2.75) is 32.3 Å². The molecule has 1 N–H and O–H groups in total. The van der Waals surface area contributed by atoms with Crippen LogP contribution in [0.15, 0.2) is 24.3 Å². The molecule has 0 spiro atoms. The lowest BCUT2D eigenvalue weighted by Crippen LogP contribution is -2.39. The minimum Gasteiger partial charge on any atom is -0.375 e. The molecule has 1 aromatic carbocycles. The van der Waals surface area contributed by atoms with Crippen molar-refractivity contribution >= 4 is 5.78 Å². The molecule has 1 fully saturated rings. The molecular weight excluding hydrogens is 226 g/mol. The van der Waals surface area contributed by atoms with Gasteiger partial charge in [0, 0.05) is 25.9 Å². The molecule has 0 amide bonds. The third-order valence-electron chi connectivity index (χ3n) is 3.29. The predicted molar refractivity (Wildman–Crippen MR) is 71.8 cm³/mol. The highest BCUT2D eigenvalue weighted by Crippen LogP contribution is 2.09. The lowest BCUT2D eigenvalue weighted by Gasteiger charge is -2.22. The molecule has 0 bridgehead atoms. The third kappa shape index (κ3) is 3.93. The van der Waals surface area contributed by atoms with Crippen molar-refractivity contribution < 1.29 is 9.53 Å². The molecule has 1 unspecified atom stereocenters. The van der Waals surface area contributed by atoms with Crippen LogP contribution in [0, 0.1) is 0 Å². The fraction of sp³-hybridized carbons (Fsp3) is 0.533. The highest BCUT2D eigenvalue weighted by molar-refractivity contribution is 5.81. The third-order valence-corrected chi connectivity index (χ3v) is 3.29. The van der Waals surface area contributed by atoms with Crippen LogP contribution in [-0.2, 0) is 22.4 Å². The summed E-state index contributed by atoms with van der Waals surface area (Å²) in [5.41, 5.74) is 2.41. The molecule has 1 aliphatic rings. The molecule has 1 saturated heterocycles. The zero-order chi connectivity index (χ0) is 12.8. The van der Waals surface area contributed by atoms with Crippen molar-refractivity contribution in [2.75, 3.05) is 19.7 Å². The van der Waals surface area contributed by atoms with Crippen LogP contribution >= 0.6 is 0 Å². The van der Waals surface area contributed by atoms with E-state index in [2.05, 4.69) is 36.5 Å². The van der Waals surface area contributed by atoms with Crippen LogP contribution in [0.1, 0.15) is 24.5 Å². The number of nitrogens with one attached hydrogen (secondary N) is 1. The fourth-order valence-electron chi connectivity index (χ4n) is 2.20. The van der Waals surface area contributed by atoms with E-state index >= 15 is 0 Å². The van der Waals surface area contributed by atoms with E-state index in [1.54, 1.807) is 0 Å². The van der Waals surface area contributed by atoms with Crippen LogP contribution in [-0.4, -0.2) is 31.6 Å². The van der Waals surface area contributed by atoms with E-state index in [9.17, 15) is 4.79 Å². The van der Waals surface area contributed by atoms with Crippen LogP contribution in [0.4, 0.5) is 0 Å². The van der Waals surface area contributed by atoms with Crippen molar-refractivity contribution in [3.63, 3.8) is 0 Å². The Bertz CT molecular complexity index is 380. The van der Waals surface area contributed by atoms with Crippen molar-refractivity contribution in [1.29, 1.82) is 0 Å². The van der Waals surface area contributed by atoms with Crippen LogP contribution in [0.25, 0.3) is 0 Å². The Kier molecular flexibility index (Phi) is 4.90. The van der Waals surface area contributed by atoms with Gasteiger partial charge in [0.25, 0.3) is 0 Å². The van der Waals surface area contributed by atoms with Crippen LogP contribution in [0.5, 0.6) is 0 Å². The van der Waals surface area contributed by atoms with Gasteiger partial charge in [0.15, 0.2) is 0 Å². The minimum atomic E-state index is 0.0566. The van der Waals surface area contributed by atoms with E-state index in [-0.39, 0.29) is 11.9 Å². The maximum absolute atomic E-state index is 11.9. The average molecular weight is 247 g/mol. The average Bonchev–Trinajstić information content (AvgIpc) is 2.40. The number of hydrogen-bond donors (Lipinski definition) is 1. The van der Waals surface area contributed by atoms with Crippen LogP contribution in [0.2, 0.25) is 0 Å². The van der Waals surface area contributed by atoms with Gasteiger partial charge >= 0.3 is 0 Å². The summed E-state index contributed by atoms with van der Waals surface area (Å²) >= 11 is 0. The number of benzene rings is 1. The Morgan fingerprint density at radius 3 is 2.67 bits per heavy atom. The van der Waals surface area contributed by atoms with E-state index in [1.807, 2.05) is 0 Å².